The Hall–Kier alpha value is -2.77. The van der Waals surface area contributed by atoms with E-state index >= 15 is 0 Å². The second kappa shape index (κ2) is 10.9. The lowest BCUT2D eigenvalue weighted by molar-refractivity contribution is -0.0620. The number of pyridine rings is 1. The molecule has 2 aromatic rings. The van der Waals surface area contributed by atoms with Crippen LogP contribution in [0.5, 0.6) is 5.75 Å². The van der Waals surface area contributed by atoms with Crippen molar-refractivity contribution in [1.29, 1.82) is 0 Å². The Morgan fingerprint density at radius 1 is 1.03 bits per heavy atom. The fraction of sp³-hybridized carbons (Fsp3) is 0.520. The van der Waals surface area contributed by atoms with Crippen molar-refractivity contribution in [3.63, 3.8) is 0 Å². The zero-order valence-electron chi connectivity index (χ0n) is 19.7. The number of piperidine rings is 1. The van der Waals surface area contributed by atoms with Crippen molar-refractivity contribution in [2.75, 3.05) is 23.0 Å². The average molecular weight is 463 g/mol. The van der Waals surface area contributed by atoms with E-state index in [9.17, 15) is 13.2 Å². The minimum atomic E-state index is -4.41. The minimum Gasteiger partial charge on any atom is -0.490 e. The van der Waals surface area contributed by atoms with E-state index in [1.54, 1.807) is 25.3 Å². The van der Waals surface area contributed by atoms with Crippen molar-refractivity contribution in [2.24, 2.45) is 11.0 Å². The van der Waals surface area contributed by atoms with Gasteiger partial charge in [-0.3, -0.25) is 5.01 Å². The summed E-state index contributed by atoms with van der Waals surface area (Å²) in [4.78, 5) is 6.65. The molecule has 0 N–H and O–H groups in total. The summed E-state index contributed by atoms with van der Waals surface area (Å²) in [5.41, 5.74) is -0.0605. The molecule has 0 radical (unpaired) electrons. The monoisotopic (exact) mass is 462 g/mol. The van der Waals surface area contributed by atoms with Crippen molar-refractivity contribution in [3.05, 3.63) is 48.7 Å². The van der Waals surface area contributed by atoms with Gasteiger partial charge in [-0.15, -0.1) is 0 Å². The molecular formula is C25H33F3N4O. The van der Waals surface area contributed by atoms with Crippen LogP contribution in [0.4, 0.5) is 24.7 Å². The van der Waals surface area contributed by atoms with E-state index in [0.29, 0.717) is 12.1 Å². The van der Waals surface area contributed by atoms with E-state index in [0.717, 1.165) is 37.5 Å². The Balaban J connectivity index is 0.00000149. The van der Waals surface area contributed by atoms with Crippen LogP contribution in [0.25, 0.3) is 0 Å². The first-order valence-electron chi connectivity index (χ1n) is 11.7. The van der Waals surface area contributed by atoms with Crippen molar-refractivity contribution in [3.8, 4) is 5.75 Å². The molecule has 3 heterocycles. The first kappa shape index (κ1) is 24.9. The molecule has 1 aromatic heterocycles. The molecule has 2 atom stereocenters. The Morgan fingerprint density at radius 3 is 2.24 bits per heavy atom. The molecule has 0 spiro atoms. The average Bonchev–Trinajstić information content (AvgIpc) is 3.18. The second-order valence-corrected chi connectivity index (χ2v) is 8.08. The van der Waals surface area contributed by atoms with Crippen molar-refractivity contribution in [1.82, 2.24) is 4.98 Å². The van der Waals surface area contributed by atoms with Gasteiger partial charge in [-0.05, 0) is 42.8 Å². The van der Waals surface area contributed by atoms with E-state index in [-0.39, 0.29) is 12.1 Å². The minimum absolute atomic E-state index is 0.107. The van der Waals surface area contributed by atoms with Gasteiger partial charge < -0.3 is 9.64 Å². The highest BCUT2D eigenvalue weighted by Crippen LogP contribution is 2.36. The van der Waals surface area contributed by atoms with Crippen LogP contribution in [0.3, 0.4) is 0 Å². The van der Waals surface area contributed by atoms with E-state index in [2.05, 4.69) is 15.0 Å². The SMILES string of the molecule is CC.CC[C@H]1C(C)C(C(F)(F)F)=NN1c1ccc(OC2CCN(c3ccccn3)CC2)cc1. The van der Waals surface area contributed by atoms with Gasteiger partial charge in [0, 0.05) is 38.0 Å². The molecule has 1 unspecified atom stereocenters. The second-order valence-electron chi connectivity index (χ2n) is 8.08. The zero-order chi connectivity index (χ0) is 24.0. The van der Waals surface area contributed by atoms with Crippen LogP contribution in [0, 0.1) is 5.92 Å². The van der Waals surface area contributed by atoms with E-state index in [1.165, 1.54) is 5.01 Å². The largest absolute Gasteiger partial charge is 0.490 e. The molecule has 1 aromatic carbocycles. The fourth-order valence-electron chi connectivity index (χ4n) is 4.38. The molecule has 33 heavy (non-hydrogen) atoms. The molecule has 0 saturated carbocycles. The Bertz CT molecular complexity index is 894. The first-order chi connectivity index (χ1) is 15.9. The first-order valence-corrected chi connectivity index (χ1v) is 11.7. The van der Waals surface area contributed by atoms with Crippen LogP contribution in [0.1, 0.15) is 47.0 Å². The maximum Gasteiger partial charge on any atom is 0.431 e. The molecule has 1 saturated heterocycles. The van der Waals surface area contributed by atoms with E-state index < -0.39 is 17.8 Å². The zero-order valence-corrected chi connectivity index (χ0v) is 19.7. The predicted octanol–water partition coefficient (Wildman–Crippen LogP) is 6.31. The number of hydrogen-bond acceptors (Lipinski definition) is 5. The summed E-state index contributed by atoms with van der Waals surface area (Å²) < 4.78 is 46.0. The van der Waals surface area contributed by atoms with Crippen LogP contribution < -0.4 is 14.6 Å². The van der Waals surface area contributed by atoms with Gasteiger partial charge in [-0.1, -0.05) is 33.8 Å². The van der Waals surface area contributed by atoms with Gasteiger partial charge in [0.15, 0.2) is 0 Å². The molecule has 2 aliphatic heterocycles. The summed E-state index contributed by atoms with van der Waals surface area (Å²) in [6, 6.07) is 12.8. The van der Waals surface area contributed by atoms with Gasteiger partial charge in [0.2, 0.25) is 0 Å². The van der Waals surface area contributed by atoms with Crippen molar-refractivity contribution >= 4 is 17.2 Å². The lowest BCUT2D eigenvalue weighted by Crippen LogP contribution is -2.38. The molecule has 0 aliphatic carbocycles. The van der Waals surface area contributed by atoms with Crippen LogP contribution >= 0.6 is 0 Å². The molecule has 8 heteroatoms. The van der Waals surface area contributed by atoms with Crippen molar-refractivity contribution in [2.45, 2.75) is 65.3 Å². The number of benzene rings is 1. The molecule has 4 rings (SSSR count). The smallest absolute Gasteiger partial charge is 0.431 e. The summed E-state index contributed by atoms with van der Waals surface area (Å²) in [5, 5.41) is 5.42. The van der Waals surface area contributed by atoms with Gasteiger partial charge in [0.25, 0.3) is 0 Å². The Kier molecular flexibility index (Phi) is 8.21. The molecule has 1 fully saturated rings. The molecule has 2 aliphatic rings. The Morgan fingerprint density at radius 2 is 1.70 bits per heavy atom. The molecule has 180 valence electrons. The molecule has 0 bridgehead atoms. The van der Waals surface area contributed by atoms with Gasteiger partial charge >= 0.3 is 6.18 Å². The predicted molar refractivity (Wildman–Crippen MR) is 127 cm³/mol. The number of nitrogens with zero attached hydrogens (tertiary/aromatic N) is 4. The quantitative estimate of drug-likeness (QED) is 0.522. The molecule has 0 amide bonds. The van der Waals surface area contributed by atoms with E-state index in [4.69, 9.17) is 4.74 Å². The number of hydrazone groups is 1. The lowest BCUT2D eigenvalue weighted by Gasteiger charge is -2.33. The number of aromatic nitrogens is 1. The lowest BCUT2D eigenvalue weighted by atomic mass is 9.95. The number of rotatable bonds is 5. The standard InChI is InChI=1S/C23H27F3N4O.C2H6/c1-3-20-16(2)22(23(24,25)26)28-30(20)17-7-9-18(10-8-17)31-19-11-14-29(15-12-19)21-6-4-5-13-27-21;1-2/h4-10,13,16,19-20H,3,11-12,14-15H2,1-2H3;1-2H3/t16?,20-;/m0./s1. The van der Waals surface area contributed by atoms with E-state index in [1.807, 2.05) is 51.1 Å². The highest BCUT2D eigenvalue weighted by molar-refractivity contribution is 5.95. The topological polar surface area (TPSA) is 41.0 Å². The number of hydrogen-bond donors (Lipinski definition) is 0. The Labute approximate surface area is 194 Å². The van der Waals surface area contributed by atoms with Crippen LogP contribution in [0.2, 0.25) is 0 Å². The molecule has 5 nitrogen and oxygen atoms in total. The fourth-order valence-corrected chi connectivity index (χ4v) is 4.38. The number of anilines is 2. The van der Waals surface area contributed by atoms with Gasteiger partial charge in [-0.2, -0.15) is 18.3 Å². The van der Waals surface area contributed by atoms with Crippen molar-refractivity contribution < 1.29 is 17.9 Å². The normalized spacial score (nSPS) is 21.4. The van der Waals surface area contributed by atoms with Gasteiger partial charge in [-0.25, -0.2) is 4.98 Å². The third-order valence-electron chi connectivity index (χ3n) is 6.07. The highest BCUT2D eigenvalue weighted by Gasteiger charge is 2.47. The summed E-state index contributed by atoms with van der Waals surface area (Å²) >= 11 is 0. The van der Waals surface area contributed by atoms with Gasteiger partial charge in [0.1, 0.15) is 23.4 Å². The number of ether oxygens (including phenoxy) is 1. The van der Waals surface area contributed by atoms with Gasteiger partial charge in [0.05, 0.1) is 11.7 Å². The summed E-state index contributed by atoms with van der Waals surface area (Å²) in [6.45, 7) is 9.23. The van der Waals surface area contributed by atoms with Crippen LogP contribution in [-0.2, 0) is 0 Å². The maximum absolute atomic E-state index is 13.3. The maximum atomic E-state index is 13.3. The van der Waals surface area contributed by atoms with Crippen LogP contribution in [0.15, 0.2) is 53.8 Å². The summed E-state index contributed by atoms with van der Waals surface area (Å²) in [5.74, 6) is 1.04. The summed E-state index contributed by atoms with van der Waals surface area (Å²) in [7, 11) is 0. The van der Waals surface area contributed by atoms with Crippen LogP contribution in [-0.4, -0.2) is 42.1 Å². The highest BCUT2D eigenvalue weighted by atomic mass is 19.4. The third-order valence-corrected chi connectivity index (χ3v) is 6.07. The summed E-state index contributed by atoms with van der Waals surface area (Å²) in [6.07, 6.45) is -0.147. The molecular weight excluding hydrogens is 429 g/mol. The number of halogens is 3. The third kappa shape index (κ3) is 5.78. The number of alkyl halides is 3.